The van der Waals surface area contributed by atoms with Crippen LogP contribution in [0.2, 0.25) is 0 Å². The SMILES string of the molecule is Cn1c(CN2C[C@@H]3C[C@@H](C2)c2cccc(=O)n2C3)cc(=O)c(O)c1CN1CCOCC1. The van der Waals surface area contributed by atoms with Crippen LogP contribution in [0.1, 0.15) is 29.4 Å². The molecule has 2 fully saturated rings. The predicted molar refractivity (Wildman–Crippen MR) is 116 cm³/mol. The Bertz CT molecular complexity index is 1090. The number of rotatable bonds is 4. The highest BCUT2D eigenvalue weighted by molar-refractivity contribution is 5.30. The second-order valence-electron chi connectivity index (χ2n) is 9.13. The molecular formula is C23H30N4O4. The van der Waals surface area contributed by atoms with Crippen molar-refractivity contribution < 1.29 is 9.84 Å². The van der Waals surface area contributed by atoms with Crippen LogP contribution < -0.4 is 11.0 Å². The molecule has 1 N–H and O–H groups in total. The molecule has 0 spiro atoms. The lowest BCUT2D eigenvalue weighted by atomic mass is 9.83. The Hall–Kier alpha value is -2.42. The first kappa shape index (κ1) is 20.5. The van der Waals surface area contributed by atoms with Gasteiger partial charge in [-0.15, -0.1) is 0 Å². The van der Waals surface area contributed by atoms with Crippen LogP contribution >= 0.6 is 0 Å². The van der Waals surface area contributed by atoms with Crippen LogP contribution in [0.4, 0.5) is 0 Å². The van der Waals surface area contributed by atoms with Gasteiger partial charge in [0, 0.05) is 82.3 Å². The lowest BCUT2D eigenvalue weighted by molar-refractivity contribution is 0.0327. The Labute approximate surface area is 181 Å². The van der Waals surface area contributed by atoms with Crippen molar-refractivity contribution in [3.05, 3.63) is 61.9 Å². The molecule has 0 unspecified atom stereocenters. The summed E-state index contributed by atoms with van der Waals surface area (Å²) in [5, 5.41) is 10.5. The summed E-state index contributed by atoms with van der Waals surface area (Å²) >= 11 is 0. The molecule has 2 bridgehead atoms. The summed E-state index contributed by atoms with van der Waals surface area (Å²) in [4.78, 5) is 29.4. The Morgan fingerprint density at radius 2 is 1.87 bits per heavy atom. The van der Waals surface area contributed by atoms with E-state index in [0.29, 0.717) is 43.8 Å². The van der Waals surface area contributed by atoms with E-state index in [-0.39, 0.29) is 16.7 Å². The number of nitrogens with zero attached hydrogens (tertiary/aromatic N) is 4. The number of piperidine rings is 1. The van der Waals surface area contributed by atoms with E-state index in [1.165, 1.54) is 0 Å². The maximum Gasteiger partial charge on any atom is 0.250 e. The standard InChI is InChI=1S/C23H30N4O4/c1-24-18(10-21(28)23(30)20(24)15-25-5-7-31-8-6-25)14-26-11-16-9-17(13-26)19-3-2-4-22(29)27(19)12-16/h2-4,10,16-17,30H,5-9,11-15H2,1H3/t16-,17-/m0/s1. The van der Waals surface area contributed by atoms with E-state index in [2.05, 4.69) is 15.9 Å². The fourth-order valence-electron chi connectivity index (χ4n) is 5.45. The molecule has 0 radical (unpaired) electrons. The van der Waals surface area contributed by atoms with Gasteiger partial charge in [-0.2, -0.15) is 0 Å². The average molecular weight is 427 g/mol. The van der Waals surface area contributed by atoms with Gasteiger partial charge in [0.25, 0.3) is 5.56 Å². The van der Waals surface area contributed by atoms with Gasteiger partial charge in [0.2, 0.25) is 5.43 Å². The van der Waals surface area contributed by atoms with Crippen LogP contribution in [0.25, 0.3) is 0 Å². The normalized spacial score (nSPS) is 24.2. The zero-order chi connectivity index (χ0) is 21.5. The van der Waals surface area contributed by atoms with Crippen molar-refractivity contribution in [3.63, 3.8) is 0 Å². The second-order valence-corrected chi connectivity index (χ2v) is 9.13. The minimum absolute atomic E-state index is 0.0920. The first-order chi connectivity index (χ1) is 15.0. The van der Waals surface area contributed by atoms with Gasteiger partial charge in [0.15, 0.2) is 5.75 Å². The third-order valence-electron chi connectivity index (χ3n) is 7.06. The predicted octanol–water partition coefficient (Wildman–Crippen LogP) is 0.704. The lowest BCUT2D eigenvalue weighted by Gasteiger charge is -2.43. The fraction of sp³-hybridized carbons (Fsp3) is 0.565. The highest BCUT2D eigenvalue weighted by Gasteiger charge is 2.34. The highest BCUT2D eigenvalue weighted by atomic mass is 16.5. The third kappa shape index (κ3) is 3.95. The van der Waals surface area contributed by atoms with Crippen LogP contribution in [-0.4, -0.2) is 63.4 Å². The monoisotopic (exact) mass is 426 g/mol. The van der Waals surface area contributed by atoms with Crippen molar-refractivity contribution >= 4 is 0 Å². The van der Waals surface area contributed by atoms with Crippen LogP contribution in [0, 0.1) is 5.92 Å². The minimum Gasteiger partial charge on any atom is -0.503 e. The first-order valence-electron chi connectivity index (χ1n) is 11.1. The molecule has 3 aliphatic rings. The quantitative estimate of drug-likeness (QED) is 0.776. The number of aromatic hydroxyl groups is 1. The molecule has 166 valence electrons. The van der Waals surface area contributed by atoms with Gasteiger partial charge in [-0.1, -0.05) is 6.07 Å². The summed E-state index contributed by atoms with van der Waals surface area (Å²) in [6, 6.07) is 7.14. The molecule has 2 aromatic heterocycles. The van der Waals surface area contributed by atoms with E-state index in [0.717, 1.165) is 50.5 Å². The molecule has 31 heavy (non-hydrogen) atoms. The molecule has 5 heterocycles. The van der Waals surface area contributed by atoms with E-state index in [1.807, 2.05) is 22.2 Å². The van der Waals surface area contributed by atoms with E-state index in [9.17, 15) is 14.7 Å². The van der Waals surface area contributed by atoms with Crippen LogP contribution in [-0.2, 0) is 31.4 Å². The maximum absolute atomic E-state index is 12.5. The van der Waals surface area contributed by atoms with Crippen molar-refractivity contribution in [2.45, 2.75) is 32.0 Å². The van der Waals surface area contributed by atoms with Gasteiger partial charge < -0.3 is 19.0 Å². The third-order valence-corrected chi connectivity index (χ3v) is 7.06. The zero-order valence-electron chi connectivity index (χ0n) is 18.0. The number of aromatic nitrogens is 2. The highest BCUT2D eigenvalue weighted by Crippen LogP contribution is 2.35. The number of morpholine rings is 1. The van der Waals surface area contributed by atoms with Crippen LogP contribution in [0.5, 0.6) is 5.75 Å². The number of fused-ring (bicyclic) bond motifs is 4. The Morgan fingerprint density at radius 1 is 1.06 bits per heavy atom. The van der Waals surface area contributed by atoms with Crippen LogP contribution in [0.3, 0.4) is 0 Å². The van der Waals surface area contributed by atoms with Gasteiger partial charge in [0.1, 0.15) is 0 Å². The van der Waals surface area contributed by atoms with Gasteiger partial charge in [0.05, 0.1) is 18.9 Å². The van der Waals surface area contributed by atoms with Crippen molar-refractivity contribution in [2.24, 2.45) is 13.0 Å². The summed E-state index contributed by atoms with van der Waals surface area (Å²) in [7, 11) is 1.93. The number of ether oxygens (including phenoxy) is 1. The molecule has 0 amide bonds. The van der Waals surface area contributed by atoms with Crippen molar-refractivity contribution in [2.75, 3.05) is 39.4 Å². The molecule has 0 aliphatic carbocycles. The second kappa shape index (κ2) is 8.26. The summed E-state index contributed by atoms with van der Waals surface area (Å²) in [6.45, 7) is 6.68. The van der Waals surface area contributed by atoms with Crippen molar-refractivity contribution in [1.29, 1.82) is 0 Å². The summed E-state index contributed by atoms with van der Waals surface area (Å²) in [5.74, 6) is 0.623. The average Bonchev–Trinajstić information content (AvgIpc) is 2.76. The van der Waals surface area contributed by atoms with Crippen LogP contribution in [0.15, 0.2) is 33.9 Å². The molecule has 2 atom stereocenters. The summed E-state index contributed by atoms with van der Waals surface area (Å²) < 4.78 is 9.33. The topological polar surface area (TPSA) is 79.9 Å². The maximum atomic E-state index is 12.5. The molecule has 2 aromatic rings. The zero-order valence-corrected chi connectivity index (χ0v) is 18.0. The molecule has 0 saturated carbocycles. The summed E-state index contributed by atoms with van der Waals surface area (Å²) in [6.07, 6.45) is 1.11. The summed E-state index contributed by atoms with van der Waals surface area (Å²) in [5.41, 5.74) is 2.48. The Kier molecular flexibility index (Phi) is 5.45. The van der Waals surface area contributed by atoms with Gasteiger partial charge in [-0.25, -0.2) is 0 Å². The van der Waals surface area contributed by atoms with Gasteiger partial charge in [-0.3, -0.25) is 19.4 Å². The fourth-order valence-corrected chi connectivity index (χ4v) is 5.45. The molecule has 0 aromatic carbocycles. The molecule has 5 rings (SSSR count). The molecule has 8 heteroatoms. The Balaban J connectivity index is 1.38. The molecule has 2 saturated heterocycles. The lowest BCUT2D eigenvalue weighted by Crippen LogP contribution is -2.47. The number of pyridine rings is 2. The van der Waals surface area contributed by atoms with E-state index < -0.39 is 0 Å². The van der Waals surface area contributed by atoms with E-state index >= 15 is 0 Å². The van der Waals surface area contributed by atoms with E-state index in [4.69, 9.17) is 4.74 Å². The smallest absolute Gasteiger partial charge is 0.250 e. The van der Waals surface area contributed by atoms with Gasteiger partial charge in [-0.05, 0) is 18.4 Å². The van der Waals surface area contributed by atoms with Crippen molar-refractivity contribution in [3.8, 4) is 5.75 Å². The first-order valence-corrected chi connectivity index (χ1v) is 11.1. The molecular weight excluding hydrogens is 396 g/mol. The van der Waals surface area contributed by atoms with Crippen molar-refractivity contribution in [1.82, 2.24) is 18.9 Å². The van der Waals surface area contributed by atoms with E-state index in [1.54, 1.807) is 12.1 Å². The number of likely N-dealkylation sites (tertiary alicyclic amines) is 1. The molecule has 8 nitrogen and oxygen atoms in total. The Morgan fingerprint density at radius 3 is 2.68 bits per heavy atom. The molecule has 3 aliphatic heterocycles. The number of hydrogen-bond donors (Lipinski definition) is 1. The van der Waals surface area contributed by atoms with Gasteiger partial charge >= 0.3 is 0 Å². The minimum atomic E-state index is -0.314. The number of hydrogen-bond acceptors (Lipinski definition) is 6. The largest absolute Gasteiger partial charge is 0.503 e.